The number of aryl methyl sites for hydroxylation is 1. The van der Waals surface area contributed by atoms with Gasteiger partial charge in [0.1, 0.15) is 5.82 Å². The molecule has 0 aliphatic heterocycles. The first kappa shape index (κ1) is 13.0. The van der Waals surface area contributed by atoms with E-state index in [4.69, 9.17) is 5.73 Å². The molecule has 0 radical (unpaired) electrons. The van der Waals surface area contributed by atoms with Gasteiger partial charge in [-0.05, 0) is 18.2 Å². The summed E-state index contributed by atoms with van der Waals surface area (Å²) in [6, 6.07) is 5.12. The van der Waals surface area contributed by atoms with E-state index in [2.05, 4.69) is 15.7 Å². The highest BCUT2D eigenvalue weighted by atomic mass is 19.1. The molecule has 0 saturated heterocycles. The third-order valence-corrected chi connectivity index (χ3v) is 2.44. The van der Waals surface area contributed by atoms with Crippen molar-refractivity contribution < 1.29 is 9.18 Å². The maximum Gasteiger partial charge on any atom is 0.324 e. The zero-order valence-electron chi connectivity index (χ0n) is 10.4. The molecule has 2 amide bonds. The Hall–Kier alpha value is -2.41. The molecule has 0 saturated carbocycles. The van der Waals surface area contributed by atoms with Gasteiger partial charge in [0.15, 0.2) is 5.82 Å². The number of nitrogens with two attached hydrogens (primary N) is 1. The molecule has 0 atom stereocenters. The molecule has 1 heterocycles. The average molecular weight is 263 g/mol. The minimum Gasteiger partial charge on any atom is -0.326 e. The van der Waals surface area contributed by atoms with Crippen molar-refractivity contribution >= 4 is 17.5 Å². The lowest BCUT2D eigenvalue weighted by molar-refractivity contribution is 0.262. The van der Waals surface area contributed by atoms with Crippen LogP contribution < -0.4 is 16.4 Å². The predicted octanol–water partition coefficient (Wildman–Crippen LogP) is 1.66. The molecule has 19 heavy (non-hydrogen) atoms. The van der Waals surface area contributed by atoms with Crippen molar-refractivity contribution in [2.45, 2.75) is 6.54 Å². The van der Waals surface area contributed by atoms with Crippen LogP contribution >= 0.6 is 0 Å². The zero-order chi connectivity index (χ0) is 13.8. The number of carbonyl (C=O) groups excluding carboxylic acids is 1. The van der Waals surface area contributed by atoms with E-state index >= 15 is 0 Å². The zero-order valence-corrected chi connectivity index (χ0v) is 10.4. The van der Waals surface area contributed by atoms with Gasteiger partial charge in [0.05, 0.1) is 0 Å². The number of anilines is 2. The van der Waals surface area contributed by atoms with Crippen LogP contribution in [0.4, 0.5) is 20.7 Å². The molecule has 2 aromatic rings. The number of aromatic nitrogens is 2. The number of hydrogen-bond donors (Lipinski definition) is 3. The largest absolute Gasteiger partial charge is 0.326 e. The maximum atomic E-state index is 13.0. The molecule has 2 rings (SSSR count). The molecule has 0 bridgehead atoms. The van der Waals surface area contributed by atoms with Crippen LogP contribution in [0.25, 0.3) is 0 Å². The van der Waals surface area contributed by atoms with E-state index in [0.29, 0.717) is 11.5 Å². The Balaban J connectivity index is 2.05. The van der Waals surface area contributed by atoms with Gasteiger partial charge in [-0.15, -0.1) is 0 Å². The molecule has 4 N–H and O–H groups in total. The maximum absolute atomic E-state index is 13.0. The second kappa shape index (κ2) is 5.49. The average Bonchev–Trinajstić information content (AvgIpc) is 2.69. The van der Waals surface area contributed by atoms with Crippen molar-refractivity contribution in [2.24, 2.45) is 12.8 Å². The van der Waals surface area contributed by atoms with Gasteiger partial charge in [-0.25, -0.2) is 9.18 Å². The Morgan fingerprint density at radius 2 is 2.26 bits per heavy atom. The summed E-state index contributed by atoms with van der Waals surface area (Å²) < 4.78 is 14.5. The number of nitrogens with one attached hydrogen (secondary N) is 2. The summed E-state index contributed by atoms with van der Waals surface area (Å²) in [4.78, 5) is 11.7. The Morgan fingerprint density at radius 3 is 2.95 bits per heavy atom. The highest BCUT2D eigenvalue weighted by molar-refractivity contribution is 5.99. The van der Waals surface area contributed by atoms with Crippen LogP contribution in [-0.2, 0) is 13.6 Å². The minimum atomic E-state index is -0.501. The number of rotatable bonds is 3. The number of benzene rings is 1. The van der Waals surface area contributed by atoms with Crippen molar-refractivity contribution in [1.82, 2.24) is 9.78 Å². The molecular formula is C12H14FN5O. The fourth-order valence-corrected chi connectivity index (χ4v) is 1.63. The van der Waals surface area contributed by atoms with Crippen LogP contribution in [-0.4, -0.2) is 15.8 Å². The number of amides is 2. The Labute approximate surface area is 109 Å². The van der Waals surface area contributed by atoms with Crippen molar-refractivity contribution in [3.05, 3.63) is 41.8 Å². The van der Waals surface area contributed by atoms with Crippen LogP contribution in [0.1, 0.15) is 5.56 Å². The highest BCUT2D eigenvalue weighted by Gasteiger charge is 2.10. The van der Waals surface area contributed by atoms with Crippen LogP contribution in [0.15, 0.2) is 30.5 Å². The molecule has 100 valence electrons. The summed E-state index contributed by atoms with van der Waals surface area (Å²) in [5.74, 6) is -0.0304. The lowest BCUT2D eigenvalue weighted by atomic mass is 10.3. The number of hydrogen-bond acceptors (Lipinski definition) is 3. The van der Waals surface area contributed by atoms with E-state index in [0.717, 1.165) is 5.56 Å². The van der Waals surface area contributed by atoms with Gasteiger partial charge in [-0.1, -0.05) is 6.07 Å². The summed E-state index contributed by atoms with van der Waals surface area (Å²) in [5, 5.41) is 9.15. The monoisotopic (exact) mass is 263 g/mol. The summed E-state index contributed by atoms with van der Waals surface area (Å²) >= 11 is 0. The molecule has 0 aliphatic carbocycles. The fourth-order valence-electron chi connectivity index (χ4n) is 1.63. The van der Waals surface area contributed by atoms with Crippen LogP contribution in [0.3, 0.4) is 0 Å². The van der Waals surface area contributed by atoms with E-state index in [1.807, 2.05) is 0 Å². The van der Waals surface area contributed by atoms with Crippen molar-refractivity contribution in [3.63, 3.8) is 0 Å². The topological polar surface area (TPSA) is 85.0 Å². The summed E-state index contributed by atoms with van der Waals surface area (Å²) in [6.45, 7) is 0.267. The first-order chi connectivity index (χ1) is 9.08. The smallest absolute Gasteiger partial charge is 0.324 e. The fraction of sp³-hybridized carbons (Fsp3) is 0.167. The molecule has 7 heteroatoms. The summed E-state index contributed by atoms with van der Waals surface area (Å²) in [7, 11) is 1.73. The molecule has 0 spiro atoms. The normalized spacial score (nSPS) is 10.3. The molecule has 1 aromatic heterocycles. The van der Waals surface area contributed by atoms with E-state index in [1.165, 1.54) is 18.2 Å². The minimum absolute atomic E-state index is 0.267. The molecule has 0 aliphatic rings. The molecule has 6 nitrogen and oxygen atoms in total. The molecule has 0 fully saturated rings. The number of carbonyl (C=O) groups is 1. The molecular weight excluding hydrogens is 249 g/mol. The second-order valence-electron chi connectivity index (χ2n) is 3.97. The second-order valence-corrected chi connectivity index (χ2v) is 3.97. The molecule has 0 unspecified atom stereocenters. The number of nitrogens with zero attached hydrogens (tertiary/aromatic N) is 2. The third kappa shape index (κ3) is 3.29. The third-order valence-electron chi connectivity index (χ3n) is 2.44. The van der Waals surface area contributed by atoms with Crippen molar-refractivity contribution in [2.75, 3.05) is 10.6 Å². The van der Waals surface area contributed by atoms with E-state index in [9.17, 15) is 9.18 Å². The molecule has 1 aromatic carbocycles. The van der Waals surface area contributed by atoms with Crippen molar-refractivity contribution in [1.29, 1.82) is 0 Å². The predicted molar refractivity (Wildman–Crippen MR) is 70.1 cm³/mol. The number of halogens is 1. The van der Waals surface area contributed by atoms with E-state index < -0.39 is 11.8 Å². The van der Waals surface area contributed by atoms with Gasteiger partial charge < -0.3 is 11.1 Å². The SMILES string of the molecule is Cn1cc(CN)c(NC(=O)Nc2cccc(F)c2)n1. The van der Waals surface area contributed by atoms with Gasteiger partial charge in [-0.2, -0.15) is 5.10 Å². The van der Waals surface area contributed by atoms with Gasteiger partial charge >= 0.3 is 6.03 Å². The first-order valence-corrected chi connectivity index (χ1v) is 5.64. The Kier molecular flexibility index (Phi) is 3.76. The lowest BCUT2D eigenvalue weighted by Crippen LogP contribution is -2.20. The van der Waals surface area contributed by atoms with Gasteiger partial charge in [-0.3, -0.25) is 10.00 Å². The Morgan fingerprint density at radius 1 is 1.47 bits per heavy atom. The van der Waals surface area contributed by atoms with E-state index in [-0.39, 0.29) is 6.54 Å². The number of urea groups is 1. The summed E-state index contributed by atoms with van der Waals surface area (Å²) in [6.07, 6.45) is 1.72. The summed E-state index contributed by atoms with van der Waals surface area (Å²) in [5.41, 5.74) is 6.62. The quantitative estimate of drug-likeness (QED) is 0.787. The van der Waals surface area contributed by atoms with E-state index in [1.54, 1.807) is 24.0 Å². The van der Waals surface area contributed by atoms with Gasteiger partial charge in [0.2, 0.25) is 0 Å². The van der Waals surface area contributed by atoms with Crippen LogP contribution in [0.2, 0.25) is 0 Å². The first-order valence-electron chi connectivity index (χ1n) is 5.64. The standard InChI is InChI=1S/C12H14FN5O/c1-18-7-8(6-14)11(17-18)16-12(19)15-10-4-2-3-9(13)5-10/h2-5,7H,6,14H2,1H3,(H2,15,16,17,19). The lowest BCUT2D eigenvalue weighted by Gasteiger charge is -2.06. The van der Waals surface area contributed by atoms with Crippen molar-refractivity contribution in [3.8, 4) is 0 Å². The van der Waals surface area contributed by atoms with Gasteiger partial charge in [0, 0.05) is 31.0 Å². The van der Waals surface area contributed by atoms with Crippen LogP contribution in [0, 0.1) is 5.82 Å². The Bertz CT molecular complexity index is 596. The van der Waals surface area contributed by atoms with Gasteiger partial charge in [0.25, 0.3) is 0 Å². The highest BCUT2D eigenvalue weighted by Crippen LogP contribution is 2.13. The van der Waals surface area contributed by atoms with Crippen LogP contribution in [0.5, 0.6) is 0 Å².